The Morgan fingerprint density at radius 2 is 1.90 bits per heavy atom. The fourth-order valence-electron chi connectivity index (χ4n) is 4.06. The molecule has 1 aliphatic heterocycles. The van der Waals surface area contributed by atoms with Crippen LogP contribution in [0.2, 0.25) is 5.02 Å². The van der Waals surface area contributed by atoms with E-state index in [2.05, 4.69) is 9.88 Å². The molecule has 3 aromatic rings. The van der Waals surface area contributed by atoms with Gasteiger partial charge >= 0.3 is 0 Å². The third kappa shape index (κ3) is 4.90. The molecule has 0 atom stereocenters. The van der Waals surface area contributed by atoms with Crippen molar-refractivity contribution in [1.29, 1.82) is 0 Å². The van der Waals surface area contributed by atoms with Crippen molar-refractivity contribution < 1.29 is 9.13 Å². The van der Waals surface area contributed by atoms with Gasteiger partial charge in [0.25, 0.3) is 5.56 Å². The lowest BCUT2D eigenvalue weighted by molar-refractivity contribution is 0.222. The number of ether oxygens (including phenoxy) is 1. The number of halogens is 2. The third-order valence-electron chi connectivity index (χ3n) is 5.64. The van der Waals surface area contributed by atoms with Crippen LogP contribution in [0, 0.1) is 25.6 Å². The van der Waals surface area contributed by atoms with Crippen LogP contribution in [0.15, 0.2) is 53.3 Å². The fourth-order valence-corrected chi connectivity index (χ4v) is 4.35. The topological polar surface area (TPSA) is 47.4 Å². The average molecular weight is 442 g/mol. The van der Waals surface area contributed by atoms with Gasteiger partial charge in [-0.25, -0.2) is 9.37 Å². The van der Waals surface area contributed by atoms with Crippen LogP contribution in [0.25, 0.3) is 5.69 Å². The predicted molar refractivity (Wildman–Crippen MR) is 121 cm³/mol. The summed E-state index contributed by atoms with van der Waals surface area (Å²) >= 11 is 6.60. The second-order valence-electron chi connectivity index (χ2n) is 7.95. The molecular formula is C24H25ClFN3O2. The molecular weight excluding hydrogens is 417 g/mol. The van der Waals surface area contributed by atoms with E-state index in [1.807, 2.05) is 32.0 Å². The second kappa shape index (κ2) is 9.10. The van der Waals surface area contributed by atoms with Crippen LogP contribution in [0.1, 0.15) is 24.4 Å². The molecule has 2 aromatic carbocycles. The highest BCUT2D eigenvalue weighted by molar-refractivity contribution is 6.33. The maximum absolute atomic E-state index is 13.3. The number of aryl methyl sites for hydroxylation is 2. The zero-order valence-corrected chi connectivity index (χ0v) is 18.4. The Kier molecular flexibility index (Phi) is 6.28. The van der Waals surface area contributed by atoms with Crippen molar-refractivity contribution >= 4 is 17.3 Å². The minimum atomic E-state index is -0.288. The van der Waals surface area contributed by atoms with Gasteiger partial charge in [0.1, 0.15) is 17.4 Å². The van der Waals surface area contributed by atoms with Crippen molar-refractivity contribution in [3.05, 3.63) is 81.2 Å². The molecule has 1 saturated heterocycles. The molecule has 0 saturated carbocycles. The first kappa shape index (κ1) is 21.4. The van der Waals surface area contributed by atoms with Gasteiger partial charge < -0.3 is 9.64 Å². The monoisotopic (exact) mass is 441 g/mol. The number of aromatic nitrogens is 2. The number of anilines is 1. The van der Waals surface area contributed by atoms with E-state index in [1.54, 1.807) is 16.7 Å². The summed E-state index contributed by atoms with van der Waals surface area (Å²) in [7, 11) is 0. The van der Waals surface area contributed by atoms with Gasteiger partial charge in [-0.05, 0) is 62.9 Å². The first-order chi connectivity index (χ1) is 14.9. The Bertz CT molecular complexity index is 1140. The molecule has 5 nitrogen and oxygen atoms in total. The summed E-state index contributed by atoms with van der Waals surface area (Å²) in [4.78, 5) is 19.1. The second-order valence-corrected chi connectivity index (χ2v) is 8.36. The highest BCUT2D eigenvalue weighted by Gasteiger charge is 2.22. The van der Waals surface area contributed by atoms with Crippen molar-refractivity contribution in [3.63, 3.8) is 0 Å². The van der Waals surface area contributed by atoms with Crippen molar-refractivity contribution in [3.8, 4) is 11.4 Å². The van der Waals surface area contributed by atoms with Gasteiger partial charge in [-0.3, -0.25) is 9.36 Å². The number of hydrogen-bond acceptors (Lipinski definition) is 4. The minimum absolute atomic E-state index is 0.118. The highest BCUT2D eigenvalue weighted by atomic mass is 35.5. The summed E-state index contributed by atoms with van der Waals surface area (Å²) in [6.45, 7) is 5.92. The molecule has 1 aliphatic rings. The van der Waals surface area contributed by atoms with Crippen LogP contribution in [0.4, 0.5) is 10.1 Å². The summed E-state index contributed by atoms with van der Waals surface area (Å²) in [5.74, 6) is 1.33. The zero-order valence-electron chi connectivity index (χ0n) is 17.6. The lowest BCUT2D eigenvalue weighted by Crippen LogP contribution is -2.35. The SMILES string of the molecule is Cc1cc(=O)n(-c2ccc(N3CCC(COc4cccc(F)c4)CC3)c(Cl)c2)c(C)n1. The average Bonchev–Trinajstić information content (AvgIpc) is 2.72. The van der Waals surface area contributed by atoms with Crippen molar-refractivity contribution in [2.45, 2.75) is 26.7 Å². The predicted octanol–water partition coefficient (Wildman–Crippen LogP) is 4.94. The van der Waals surface area contributed by atoms with E-state index < -0.39 is 0 Å². The minimum Gasteiger partial charge on any atom is -0.493 e. The molecule has 7 heteroatoms. The van der Waals surface area contributed by atoms with E-state index in [4.69, 9.17) is 16.3 Å². The normalized spacial score (nSPS) is 14.6. The van der Waals surface area contributed by atoms with Crippen LogP contribution in [-0.4, -0.2) is 29.2 Å². The summed E-state index contributed by atoms with van der Waals surface area (Å²) in [6.07, 6.45) is 1.93. The van der Waals surface area contributed by atoms with Crippen molar-refractivity contribution in [2.75, 3.05) is 24.6 Å². The van der Waals surface area contributed by atoms with E-state index in [0.717, 1.165) is 31.6 Å². The molecule has 1 fully saturated rings. The van der Waals surface area contributed by atoms with Crippen molar-refractivity contribution in [2.24, 2.45) is 5.92 Å². The highest BCUT2D eigenvalue weighted by Crippen LogP contribution is 2.31. The summed E-state index contributed by atoms with van der Waals surface area (Å²) in [5.41, 5.74) is 2.25. The molecule has 162 valence electrons. The van der Waals surface area contributed by atoms with Crippen LogP contribution < -0.4 is 15.2 Å². The van der Waals surface area contributed by atoms with Gasteiger partial charge in [-0.1, -0.05) is 17.7 Å². The van der Waals surface area contributed by atoms with Gasteiger partial charge in [0.2, 0.25) is 0 Å². The Hall–Kier alpha value is -2.86. The lowest BCUT2D eigenvalue weighted by atomic mass is 9.97. The molecule has 4 rings (SSSR count). The van der Waals surface area contributed by atoms with Crippen LogP contribution in [0.3, 0.4) is 0 Å². The third-order valence-corrected chi connectivity index (χ3v) is 5.94. The Morgan fingerprint density at radius 3 is 2.58 bits per heavy atom. The number of rotatable bonds is 5. The van der Waals surface area contributed by atoms with Crippen LogP contribution >= 0.6 is 11.6 Å². The number of hydrogen-bond donors (Lipinski definition) is 0. The van der Waals surface area contributed by atoms with Gasteiger partial charge in [-0.15, -0.1) is 0 Å². The fraction of sp³-hybridized carbons (Fsp3) is 0.333. The van der Waals surface area contributed by atoms with E-state index in [9.17, 15) is 9.18 Å². The van der Waals surface area contributed by atoms with Gasteiger partial charge in [-0.2, -0.15) is 0 Å². The molecule has 0 aliphatic carbocycles. The Morgan fingerprint density at radius 1 is 1.13 bits per heavy atom. The Balaban J connectivity index is 1.40. The molecule has 0 spiro atoms. The molecule has 31 heavy (non-hydrogen) atoms. The van der Waals surface area contributed by atoms with E-state index >= 15 is 0 Å². The van der Waals surface area contributed by atoms with Crippen molar-refractivity contribution in [1.82, 2.24) is 9.55 Å². The van der Waals surface area contributed by atoms with Gasteiger partial charge in [0.05, 0.1) is 23.0 Å². The lowest BCUT2D eigenvalue weighted by Gasteiger charge is -2.34. The molecule has 1 aromatic heterocycles. The maximum atomic E-state index is 13.3. The van der Waals surface area contributed by atoms with Crippen LogP contribution in [0.5, 0.6) is 5.75 Å². The summed E-state index contributed by atoms with van der Waals surface area (Å²) < 4.78 is 20.6. The quantitative estimate of drug-likeness (QED) is 0.562. The number of nitrogens with zero attached hydrogens (tertiary/aromatic N) is 3. The first-order valence-corrected chi connectivity index (χ1v) is 10.8. The van der Waals surface area contributed by atoms with E-state index in [0.29, 0.717) is 40.5 Å². The summed E-state index contributed by atoms with van der Waals surface area (Å²) in [5, 5.41) is 0.610. The zero-order chi connectivity index (χ0) is 22.0. The van der Waals surface area contributed by atoms with Crippen LogP contribution in [-0.2, 0) is 0 Å². The largest absolute Gasteiger partial charge is 0.493 e. The standard InChI is InChI=1S/C24H25ClFN3O2/c1-16-12-24(30)29(17(2)27-16)20-6-7-23(22(25)14-20)28-10-8-18(9-11-28)15-31-21-5-3-4-19(26)13-21/h3-7,12-14,18H,8-11,15H2,1-2H3. The number of piperidine rings is 1. The molecule has 0 N–H and O–H groups in total. The summed E-state index contributed by atoms with van der Waals surface area (Å²) in [6, 6.07) is 13.5. The van der Waals surface area contributed by atoms with E-state index in [-0.39, 0.29) is 11.4 Å². The Labute approximate surface area is 186 Å². The maximum Gasteiger partial charge on any atom is 0.258 e. The smallest absolute Gasteiger partial charge is 0.258 e. The molecule has 0 amide bonds. The van der Waals surface area contributed by atoms with Gasteiger partial charge in [0, 0.05) is 30.9 Å². The van der Waals surface area contributed by atoms with E-state index in [1.165, 1.54) is 18.2 Å². The molecule has 2 heterocycles. The molecule has 0 unspecified atom stereocenters. The first-order valence-electron chi connectivity index (χ1n) is 10.4. The molecule has 0 bridgehead atoms. The number of benzene rings is 2. The van der Waals surface area contributed by atoms with Gasteiger partial charge in [0.15, 0.2) is 0 Å². The molecule has 0 radical (unpaired) electrons.